The van der Waals surface area contributed by atoms with Gasteiger partial charge in [0.1, 0.15) is 17.3 Å². The average Bonchev–Trinajstić information content (AvgIpc) is 3.32. The number of morpholine rings is 1. The van der Waals surface area contributed by atoms with E-state index in [9.17, 15) is 26.8 Å². The maximum atomic E-state index is 14.8. The Hall–Kier alpha value is -4.00. The van der Waals surface area contributed by atoms with Crippen molar-refractivity contribution in [3.05, 3.63) is 83.2 Å². The molecule has 1 fully saturated rings. The number of aromatic amines is 1. The first-order chi connectivity index (χ1) is 17.7. The van der Waals surface area contributed by atoms with E-state index in [1.165, 1.54) is 28.8 Å². The molecule has 0 saturated carbocycles. The van der Waals surface area contributed by atoms with E-state index in [0.717, 1.165) is 12.1 Å². The maximum absolute atomic E-state index is 14.8. The molecule has 0 unspecified atom stereocenters. The van der Waals surface area contributed by atoms with E-state index in [1.807, 2.05) is 0 Å². The smallest absolute Gasteiger partial charge is 0.251 e. The Kier molecular flexibility index (Phi) is 6.31. The summed E-state index contributed by atoms with van der Waals surface area (Å²) in [6.07, 6.45) is 2.80. The van der Waals surface area contributed by atoms with E-state index < -0.39 is 44.5 Å². The summed E-state index contributed by atoms with van der Waals surface area (Å²) in [5.41, 5.74) is 5.02. The second-order valence-electron chi connectivity index (χ2n) is 8.34. The lowest BCUT2D eigenvalue weighted by Gasteiger charge is -2.26. The van der Waals surface area contributed by atoms with Crippen molar-refractivity contribution >= 4 is 32.7 Å². The first-order valence-electron chi connectivity index (χ1n) is 11.2. The molecular formula is C25H20F2N4O5S. The monoisotopic (exact) mass is 526 g/mol. The number of rotatable bonds is 6. The number of carbonyl (C=O) groups excluding carboxylic acids is 2. The molecule has 190 valence electrons. The number of halogens is 2. The summed E-state index contributed by atoms with van der Waals surface area (Å²) in [7, 11) is -3.67. The fourth-order valence-corrected chi connectivity index (χ4v) is 5.60. The molecule has 3 N–H and O–H groups in total. The summed E-state index contributed by atoms with van der Waals surface area (Å²) in [5, 5.41) is 0.288. The Labute approximate surface area is 209 Å². The van der Waals surface area contributed by atoms with Gasteiger partial charge in [-0.1, -0.05) is 12.1 Å². The van der Waals surface area contributed by atoms with Gasteiger partial charge in [0.2, 0.25) is 15.8 Å². The molecule has 2 aromatic carbocycles. The van der Waals surface area contributed by atoms with Crippen molar-refractivity contribution in [2.45, 2.75) is 4.90 Å². The molecule has 9 nitrogen and oxygen atoms in total. The van der Waals surface area contributed by atoms with E-state index >= 15 is 0 Å². The van der Waals surface area contributed by atoms with Crippen molar-refractivity contribution in [2.75, 3.05) is 26.3 Å². The molecule has 0 aliphatic carbocycles. The maximum Gasteiger partial charge on any atom is 0.251 e. The quantitative estimate of drug-likeness (QED) is 0.371. The SMILES string of the molecule is NC(=O)c1ccc(F)c(C(=O)c2c[nH]c3ncc(-c4ccc(S(=O)(=O)N5CCOCC5)cc4)cc23)c1F. The van der Waals surface area contributed by atoms with Crippen molar-refractivity contribution in [3.63, 3.8) is 0 Å². The van der Waals surface area contributed by atoms with Crippen LogP contribution in [0.2, 0.25) is 0 Å². The van der Waals surface area contributed by atoms with Crippen molar-refractivity contribution in [1.29, 1.82) is 0 Å². The van der Waals surface area contributed by atoms with Gasteiger partial charge in [0.15, 0.2) is 0 Å². The van der Waals surface area contributed by atoms with Gasteiger partial charge in [-0.2, -0.15) is 4.31 Å². The number of pyridine rings is 1. The summed E-state index contributed by atoms with van der Waals surface area (Å²) in [4.78, 5) is 31.8. The Morgan fingerprint density at radius 2 is 1.70 bits per heavy atom. The van der Waals surface area contributed by atoms with Crippen LogP contribution in [-0.2, 0) is 14.8 Å². The summed E-state index contributed by atoms with van der Waals surface area (Å²) < 4.78 is 61.6. The summed E-state index contributed by atoms with van der Waals surface area (Å²) in [6, 6.07) is 9.47. The number of nitrogens with zero attached hydrogens (tertiary/aromatic N) is 2. The van der Waals surface area contributed by atoms with Gasteiger partial charge in [-0.15, -0.1) is 0 Å². The molecule has 0 spiro atoms. The molecule has 4 aromatic rings. The van der Waals surface area contributed by atoms with Gasteiger partial charge >= 0.3 is 0 Å². The molecule has 1 amide bonds. The lowest BCUT2D eigenvalue weighted by atomic mass is 9.98. The van der Waals surface area contributed by atoms with Crippen LogP contribution in [0.15, 0.2) is 59.8 Å². The Balaban J connectivity index is 1.50. The number of ketones is 1. The largest absolute Gasteiger partial charge is 0.379 e. The van der Waals surface area contributed by atoms with Crippen LogP contribution in [0.5, 0.6) is 0 Å². The van der Waals surface area contributed by atoms with Crippen LogP contribution in [0.3, 0.4) is 0 Å². The predicted octanol–water partition coefficient (Wildman–Crippen LogP) is 2.86. The molecule has 0 bridgehead atoms. The number of nitrogens with two attached hydrogens (primary N) is 1. The van der Waals surface area contributed by atoms with Crippen molar-refractivity contribution in [3.8, 4) is 11.1 Å². The first-order valence-corrected chi connectivity index (χ1v) is 12.6. The number of sulfonamides is 1. The van der Waals surface area contributed by atoms with Gasteiger partial charge in [-0.05, 0) is 35.9 Å². The lowest BCUT2D eigenvalue weighted by Crippen LogP contribution is -2.40. The molecule has 0 radical (unpaired) electrons. The Morgan fingerprint density at radius 3 is 2.38 bits per heavy atom. The minimum absolute atomic E-state index is 0.0599. The van der Waals surface area contributed by atoms with Crippen LogP contribution in [0.25, 0.3) is 22.2 Å². The van der Waals surface area contributed by atoms with E-state index in [-0.39, 0.29) is 28.9 Å². The zero-order chi connectivity index (χ0) is 26.3. The molecule has 3 heterocycles. The van der Waals surface area contributed by atoms with E-state index in [1.54, 1.807) is 18.2 Å². The van der Waals surface area contributed by atoms with Crippen LogP contribution in [0, 0.1) is 11.6 Å². The molecule has 1 aliphatic heterocycles. The van der Waals surface area contributed by atoms with Crippen molar-refractivity contribution in [1.82, 2.24) is 14.3 Å². The van der Waals surface area contributed by atoms with Gasteiger partial charge in [0, 0.05) is 42.0 Å². The fraction of sp³-hybridized carbons (Fsp3) is 0.160. The zero-order valence-corrected chi connectivity index (χ0v) is 20.0. The summed E-state index contributed by atoms with van der Waals surface area (Å²) in [6.45, 7) is 1.22. The highest BCUT2D eigenvalue weighted by molar-refractivity contribution is 7.89. The second-order valence-corrected chi connectivity index (χ2v) is 10.3. The molecule has 12 heteroatoms. The fourth-order valence-electron chi connectivity index (χ4n) is 4.19. The number of hydrogen-bond acceptors (Lipinski definition) is 6. The minimum atomic E-state index is -3.67. The van der Waals surface area contributed by atoms with Gasteiger partial charge in [-0.3, -0.25) is 9.59 Å². The first kappa shape index (κ1) is 24.7. The minimum Gasteiger partial charge on any atom is -0.379 e. The number of H-pyrrole nitrogens is 1. The summed E-state index contributed by atoms with van der Waals surface area (Å²) in [5.74, 6) is -4.60. The lowest BCUT2D eigenvalue weighted by molar-refractivity contribution is 0.0730. The third-order valence-corrected chi connectivity index (χ3v) is 8.07. The molecular weight excluding hydrogens is 506 g/mol. The van der Waals surface area contributed by atoms with Crippen LogP contribution >= 0.6 is 0 Å². The number of primary amides is 1. The number of benzene rings is 2. The highest BCUT2D eigenvalue weighted by atomic mass is 32.2. The highest BCUT2D eigenvalue weighted by Gasteiger charge is 2.27. The van der Waals surface area contributed by atoms with Crippen LogP contribution in [-0.4, -0.2) is 60.7 Å². The van der Waals surface area contributed by atoms with Crippen LogP contribution in [0.1, 0.15) is 26.3 Å². The normalized spacial score (nSPS) is 14.6. The third kappa shape index (κ3) is 4.39. The Morgan fingerprint density at radius 1 is 1.00 bits per heavy atom. The number of aromatic nitrogens is 2. The van der Waals surface area contributed by atoms with E-state index in [0.29, 0.717) is 30.0 Å². The second kappa shape index (κ2) is 9.47. The van der Waals surface area contributed by atoms with Gasteiger partial charge in [-0.25, -0.2) is 22.2 Å². The van der Waals surface area contributed by atoms with Gasteiger partial charge in [0.25, 0.3) is 5.91 Å². The van der Waals surface area contributed by atoms with Crippen molar-refractivity contribution < 1.29 is 31.5 Å². The van der Waals surface area contributed by atoms with E-state index in [2.05, 4.69) is 9.97 Å². The molecule has 1 aliphatic rings. The number of amides is 1. The third-order valence-electron chi connectivity index (χ3n) is 6.15. The van der Waals surface area contributed by atoms with Gasteiger partial charge < -0.3 is 15.5 Å². The Bertz CT molecular complexity index is 1650. The number of fused-ring (bicyclic) bond motifs is 1. The van der Waals surface area contributed by atoms with E-state index in [4.69, 9.17) is 10.5 Å². The van der Waals surface area contributed by atoms with Crippen molar-refractivity contribution in [2.24, 2.45) is 5.73 Å². The van der Waals surface area contributed by atoms with Gasteiger partial charge in [0.05, 0.1) is 29.2 Å². The predicted molar refractivity (Wildman–Crippen MR) is 129 cm³/mol. The number of ether oxygens (including phenoxy) is 1. The number of carbonyl (C=O) groups is 2. The molecule has 37 heavy (non-hydrogen) atoms. The zero-order valence-electron chi connectivity index (χ0n) is 19.2. The number of nitrogens with one attached hydrogen (secondary N) is 1. The highest BCUT2D eigenvalue weighted by Crippen LogP contribution is 2.29. The standard InChI is InChI=1S/C25H20F2N4O5S/c26-20-6-5-17(24(28)33)22(27)21(20)23(32)19-13-30-25-18(19)11-15(12-29-25)14-1-3-16(4-2-14)37(34,35)31-7-9-36-10-8-31/h1-6,11-13H,7-10H2,(H2,28,33)(H,29,30). The topological polar surface area (TPSA) is 135 Å². The molecule has 2 aromatic heterocycles. The van der Waals surface area contributed by atoms with Crippen LogP contribution < -0.4 is 5.73 Å². The van der Waals surface area contributed by atoms with Crippen LogP contribution in [0.4, 0.5) is 8.78 Å². The average molecular weight is 527 g/mol. The molecule has 1 saturated heterocycles. The number of hydrogen-bond donors (Lipinski definition) is 2. The summed E-state index contributed by atoms with van der Waals surface area (Å²) >= 11 is 0. The molecule has 0 atom stereocenters. The molecule has 5 rings (SSSR count).